The molecule has 1 saturated carbocycles. The van der Waals surface area contributed by atoms with Crippen LogP contribution >= 0.6 is 0 Å². The number of aryl methyl sites for hydroxylation is 1. The first-order valence-electron chi connectivity index (χ1n) is 6.14. The summed E-state index contributed by atoms with van der Waals surface area (Å²) in [5, 5.41) is 13.8. The van der Waals surface area contributed by atoms with Crippen LogP contribution in [0.3, 0.4) is 0 Å². The smallest absolute Gasteiger partial charge is 0.282 e. The highest BCUT2D eigenvalue weighted by Crippen LogP contribution is 2.23. The number of nitrogens with one attached hydrogen (secondary N) is 1. The van der Waals surface area contributed by atoms with Crippen LogP contribution < -0.4 is 5.32 Å². The van der Waals surface area contributed by atoms with Crippen molar-refractivity contribution in [3.05, 3.63) is 39.4 Å². The zero-order valence-electron chi connectivity index (χ0n) is 10.3. The van der Waals surface area contributed by atoms with Gasteiger partial charge in [0, 0.05) is 12.1 Å². The predicted octanol–water partition coefficient (Wildman–Crippen LogP) is 2.58. The molecule has 0 aromatic heterocycles. The van der Waals surface area contributed by atoms with E-state index < -0.39 is 4.92 Å². The van der Waals surface area contributed by atoms with E-state index in [4.69, 9.17) is 0 Å². The van der Waals surface area contributed by atoms with E-state index in [-0.39, 0.29) is 23.2 Å². The highest BCUT2D eigenvalue weighted by Gasteiger charge is 2.25. The molecule has 1 N–H and O–H groups in total. The fourth-order valence-electron chi connectivity index (χ4n) is 2.43. The van der Waals surface area contributed by atoms with Gasteiger partial charge in [-0.05, 0) is 25.3 Å². The molecule has 0 aliphatic heterocycles. The molecule has 1 aliphatic carbocycles. The standard InChI is InChI=1S/C13H16N2O3/c1-9-5-4-8-11(15(17)18)12(9)13(16)14-10-6-2-3-7-10/h4-5,8,10H,2-3,6-7H2,1H3,(H,14,16). The van der Waals surface area contributed by atoms with E-state index >= 15 is 0 Å². The van der Waals surface area contributed by atoms with E-state index in [1.54, 1.807) is 19.1 Å². The van der Waals surface area contributed by atoms with E-state index in [9.17, 15) is 14.9 Å². The van der Waals surface area contributed by atoms with Gasteiger partial charge >= 0.3 is 0 Å². The van der Waals surface area contributed by atoms with Crippen molar-refractivity contribution >= 4 is 11.6 Å². The molecule has 1 aliphatic rings. The maximum atomic E-state index is 12.1. The molecule has 2 rings (SSSR count). The lowest BCUT2D eigenvalue weighted by Gasteiger charge is -2.13. The average Bonchev–Trinajstić information content (AvgIpc) is 2.81. The summed E-state index contributed by atoms with van der Waals surface area (Å²) < 4.78 is 0. The quantitative estimate of drug-likeness (QED) is 0.660. The Kier molecular flexibility index (Phi) is 3.60. The van der Waals surface area contributed by atoms with Crippen LogP contribution in [0.4, 0.5) is 5.69 Å². The minimum Gasteiger partial charge on any atom is -0.349 e. The van der Waals surface area contributed by atoms with Gasteiger partial charge in [0.1, 0.15) is 5.56 Å². The van der Waals surface area contributed by atoms with Gasteiger partial charge in [-0.3, -0.25) is 14.9 Å². The number of nitrogens with zero attached hydrogens (tertiary/aromatic N) is 1. The van der Waals surface area contributed by atoms with E-state index in [0.717, 1.165) is 25.7 Å². The van der Waals surface area contributed by atoms with Gasteiger partial charge in [-0.15, -0.1) is 0 Å². The summed E-state index contributed by atoms with van der Waals surface area (Å²) in [6, 6.07) is 4.85. The van der Waals surface area contributed by atoms with Gasteiger partial charge in [0.15, 0.2) is 0 Å². The van der Waals surface area contributed by atoms with Crippen molar-refractivity contribution in [2.24, 2.45) is 0 Å². The van der Waals surface area contributed by atoms with Crippen LogP contribution in [0.25, 0.3) is 0 Å². The third-order valence-corrected chi connectivity index (χ3v) is 3.36. The van der Waals surface area contributed by atoms with Crippen LogP contribution in [-0.2, 0) is 0 Å². The molecule has 0 radical (unpaired) electrons. The van der Waals surface area contributed by atoms with Crippen molar-refractivity contribution in [3.63, 3.8) is 0 Å². The number of hydrogen-bond donors (Lipinski definition) is 1. The van der Waals surface area contributed by atoms with E-state index in [2.05, 4.69) is 5.32 Å². The van der Waals surface area contributed by atoms with Crippen LogP contribution in [-0.4, -0.2) is 16.9 Å². The Labute approximate surface area is 105 Å². The molecule has 1 aromatic carbocycles. The average molecular weight is 248 g/mol. The van der Waals surface area contributed by atoms with Crippen molar-refractivity contribution < 1.29 is 9.72 Å². The molecule has 18 heavy (non-hydrogen) atoms. The Bertz CT molecular complexity index is 479. The molecular weight excluding hydrogens is 232 g/mol. The van der Waals surface area contributed by atoms with Crippen LogP contribution in [0, 0.1) is 17.0 Å². The molecule has 1 amide bonds. The molecule has 0 unspecified atom stereocenters. The molecule has 96 valence electrons. The summed E-state index contributed by atoms with van der Waals surface area (Å²) in [4.78, 5) is 22.6. The summed E-state index contributed by atoms with van der Waals surface area (Å²) >= 11 is 0. The number of hydrogen-bond acceptors (Lipinski definition) is 3. The Morgan fingerprint density at radius 3 is 2.67 bits per heavy atom. The number of amides is 1. The van der Waals surface area contributed by atoms with Crippen LogP contribution in [0.5, 0.6) is 0 Å². The molecule has 0 atom stereocenters. The fourth-order valence-corrected chi connectivity index (χ4v) is 2.43. The molecule has 5 heteroatoms. The van der Waals surface area contributed by atoms with Crippen LogP contribution in [0.2, 0.25) is 0 Å². The molecule has 0 spiro atoms. The molecular formula is C13H16N2O3. The Hall–Kier alpha value is -1.91. The topological polar surface area (TPSA) is 72.2 Å². The predicted molar refractivity (Wildman–Crippen MR) is 67.6 cm³/mol. The maximum Gasteiger partial charge on any atom is 0.282 e. The van der Waals surface area contributed by atoms with Gasteiger partial charge in [-0.25, -0.2) is 0 Å². The molecule has 0 saturated heterocycles. The second kappa shape index (κ2) is 5.16. The van der Waals surface area contributed by atoms with Crippen molar-refractivity contribution in [3.8, 4) is 0 Å². The molecule has 1 aromatic rings. The van der Waals surface area contributed by atoms with Crippen molar-refractivity contribution in [1.82, 2.24) is 5.32 Å². The van der Waals surface area contributed by atoms with E-state index in [0.29, 0.717) is 5.56 Å². The first-order chi connectivity index (χ1) is 8.59. The first-order valence-corrected chi connectivity index (χ1v) is 6.14. The van der Waals surface area contributed by atoms with Gasteiger partial charge < -0.3 is 5.32 Å². The van der Waals surface area contributed by atoms with E-state index in [1.165, 1.54) is 6.07 Å². The third kappa shape index (κ3) is 2.50. The number of carbonyl (C=O) groups is 1. The zero-order chi connectivity index (χ0) is 13.1. The van der Waals surface area contributed by atoms with Crippen molar-refractivity contribution in [1.29, 1.82) is 0 Å². The van der Waals surface area contributed by atoms with Gasteiger partial charge in [0.05, 0.1) is 4.92 Å². The number of rotatable bonds is 3. The number of nitro groups is 1. The normalized spacial score (nSPS) is 15.6. The molecule has 0 heterocycles. The maximum absolute atomic E-state index is 12.1. The Morgan fingerprint density at radius 2 is 2.06 bits per heavy atom. The van der Waals surface area contributed by atoms with Crippen LogP contribution in [0.15, 0.2) is 18.2 Å². The van der Waals surface area contributed by atoms with Crippen molar-refractivity contribution in [2.45, 2.75) is 38.6 Å². The summed E-state index contributed by atoms with van der Waals surface area (Å²) in [5.41, 5.74) is 0.708. The summed E-state index contributed by atoms with van der Waals surface area (Å²) in [7, 11) is 0. The number of nitro benzene ring substituents is 1. The third-order valence-electron chi connectivity index (χ3n) is 3.36. The molecule has 5 nitrogen and oxygen atoms in total. The van der Waals surface area contributed by atoms with Gasteiger partial charge in [-0.2, -0.15) is 0 Å². The first kappa shape index (κ1) is 12.5. The minimum atomic E-state index is -0.503. The summed E-state index contributed by atoms with van der Waals surface area (Å²) in [6.45, 7) is 1.72. The summed E-state index contributed by atoms with van der Waals surface area (Å²) in [6.07, 6.45) is 4.15. The second-order valence-electron chi connectivity index (χ2n) is 4.68. The molecule has 0 bridgehead atoms. The van der Waals surface area contributed by atoms with Crippen molar-refractivity contribution in [2.75, 3.05) is 0 Å². The lowest BCUT2D eigenvalue weighted by molar-refractivity contribution is -0.385. The Balaban J connectivity index is 2.25. The van der Waals surface area contributed by atoms with Gasteiger partial charge in [-0.1, -0.05) is 25.0 Å². The minimum absolute atomic E-state index is 0.120. The summed E-state index contributed by atoms with van der Waals surface area (Å²) in [5.74, 6) is -0.327. The van der Waals surface area contributed by atoms with Gasteiger partial charge in [0.2, 0.25) is 0 Å². The monoisotopic (exact) mass is 248 g/mol. The lowest BCUT2D eigenvalue weighted by Crippen LogP contribution is -2.33. The zero-order valence-corrected chi connectivity index (χ0v) is 10.3. The lowest BCUT2D eigenvalue weighted by atomic mass is 10.1. The number of benzene rings is 1. The van der Waals surface area contributed by atoms with E-state index in [1.807, 2.05) is 0 Å². The van der Waals surface area contributed by atoms with Crippen LogP contribution in [0.1, 0.15) is 41.6 Å². The fraction of sp³-hybridized carbons (Fsp3) is 0.462. The SMILES string of the molecule is Cc1cccc([N+](=O)[O-])c1C(=O)NC1CCCC1. The second-order valence-corrected chi connectivity index (χ2v) is 4.68. The number of carbonyl (C=O) groups excluding carboxylic acids is 1. The van der Waals surface area contributed by atoms with Gasteiger partial charge in [0.25, 0.3) is 11.6 Å². The highest BCUT2D eigenvalue weighted by atomic mass is 16.6. The molecule has 1 fully saturated rings. The Morgan fingerprint density at radius 1 is 1.39 bits per heavy atom. The largest absolute Gasteiger partial charge is 0.349 e. The highest BCUT2D eigenvalue weighted by molar-refractivity contribution is 5.99.